The molecule has 1 amide bonds. The minimum absolute atomic E-state index is 0.0785. The highest BCUT2D eigenvalue weighted by Gasteiger charge is 2.27. The van der Waals surface area contributed by atoms with Crippen LogP contribution < -0.4 is 5.32 Å². The molecule has 0 saturated carbocycles. The Labute approximate surface area is 109 Å². The number of hydrogen-bond donors (Lipinski definition) is 2. The topological polar surface area (TPSA) is 46.2 Å². The molecule has 0 unspecified atom stereocenters. The predicted octanol–water partition coefficient (Wildman–Crippen LogP) is 2.28. The van der Waals surface area contributed by atoms with Gasteiger partial charge in [-0.25, -0.2) is 0 Å². The number of nitrogens with one attached hydrogen (secondary N) is 1. The zero-order chi connectivity index (χ0) is 14.2. The lowest BCUT2D eigenvalue weighted by atomic mass is 10.0. The van der Waals surface area contributed by atoms with Crippen LogP contribution in [0.2, 0.25) is 0 Å². The molecule has 0 fully saturated rings. The quantitative estimate of drug-likeness (QED) is 0.530. The monoisotopic (exact) mass is 283 g/mol. The SMILES string of the molecule is C=C(CCC(=O)NCC(F)(F)F)C(=O)CCCS. The molecule has 0 aromatic heterocycles. The van der Waals surface area contributed by atoms with Crippen LogP contribution in [0.15, 0.2) is 12.2 Å². The molecule has 3 nitrogen and oxygen atoms in total. The normalized spacial score (nSPS) is 11.1. The van der Waals surface area contributed by atoms with E-state index in [2.05, 4.69) is 19.2 Å². The van der Waals surface area contributed by atoms with Crippen molar-refractivity contribution in [2.24, 2.45) is 0 Å². The smallest absolute Gasteiger partial charge is 0.347 e. The fourth-order valence-electron chi connectivity index (χ4n) is 1.11. The molecule has 0 aromatic carbocycles. The van der Waals surface area contributed by atoms with E-state index < -0.39 is 18.6 Å². The van der Waals surface area contributed by atoms with Crippen molar-refractivity contribution < 1.29 is 22.8 Å². The Hall–Kier alpha value is -0.980. The Bertz CT molecular complexity index is 316. The predicted molar refractivity (Wildman–Crippen MR) is 65.5 cm³/mol. The molecule has 0 aliphatic heterocycles. The lowest BCUT2D eigenvalue weighted by molar-refractivity contribution is -0.138. The van der Waals surface area contributed by atoms with Crippen LogP contribution in [0, 0.1) is 0 Å². The third-order valence-electron chi connectivity index (χ3n) is 2.10. The number of allylic oxidation sites excluding steroid dienone is 1. The van der Waals surface area contributed by atoms with Crippen LogP contribution in [0.3, 0.4) is 0 Å². The van der Waals surface area contributed by atoms with Crippen molar-refractivity contribution in [1.82, 2.24) is 5.32 Å². The molecule has 0 saturated heterocycles. The summed E-state index contributed by atoms with van der Waals surface area (Å²) >= 11 is 3.95. The highest BCUT2D eigenvalue weighted by Crippen LogP contribution is 2.13. The second kappa shape index (κ2) is 8.18. The second-order valence-corrected chi connectivity index (χ2v) is 4.19. The first-order valence-corrected chi connectivity index (χ1v) is 6.05. The Morgan fingerprint density at radius 1 is 1.17 bits per heavy atom. The third-order valence-corrected chi connectivity index (χ3v) is 2.41. The molecule has 104 valence electrons. The molecule has 0 bridgehead atoms. The zero-order valence-corrected chi connectivity index (χ0v) is 10.7. The molecule has 0 radical (unpaired) electrons. The summed E-state index contributed by atoms with van der Waals surface area (Å²) in [5, 5.41) is 1.73. The van der Waals surface area contributed by atoms with Gasteiger partial charge in [-0.05, 0) is 24.2 Å². The van der Waals surface area contributed by atoms with Crippen molar-refractivity contribution in [3.05, 3.63) is 12.2 Å². The van der Waals surface area contributed by atoms with E-state index in [1.165, 1.54) is 0 Å². The van der Waals surface area contributed by atoms with E-state index in [-0.39, 0.29) is 24.2 Å². The van der Waals surface area contributed by atoms with Crippen LogP contribution in [0.5, 0.6) is 0 Å². The Balaban J connectivity index is 3.85. The highest BCUT2D eigenvalue weighted by atomic mass is 32.1. The van der Waals surface area contributed by atoms with Gasteiger partial charge in [0.2, 0.25) is 5.91 Å². The van der Waals surface area contributed by atoms with Gasteiger partial charge < -0.3 is 5.32 Å². The average Bonchev–Trinajstić information content (AvgIpc) is 2.29. The van der Waals surface area contributed by atoms with Crippen molar-refractivity contribution >= 4 is 24.3 Å². The Morgan fingerprint density at radius 3 is 2.28 bits per heavy atom. The average molecular weight is 283 g/mol. The second-order valence-electron chi connectivity index (χ2n) is 3.75. The molecule has 1 N–H and O–H groups in total. The molecule has 0 heterocycles. The Kier molecular flexibility index (Phi) is 7.73. The van der Waals surface area contributed by atoms with Gasteiger partial charge in [0.25, 0.3) is 0 Å². The molecule has 0 aliphatic rings. The molecule has 0 atom stereocenters. The maximum atomic E-state index is 11.8. The van der Waals surface area contributed by atoms with E-state index in [9.17, 15) is 22.8 Å². The van der Waals surface area contributed by atoms with Gasteiger partial charge in [-0.2, -0.15) is 25.8 Å². The molecule has 0 rings (SSSR count). The summed E-state index contributed by atoms with van der Waals surface area (Å²) in [6.07, 6.45) is -3.60. The van der Waals surface area contributed by atoms with E-state index in [1.54, 1.807) is 5.32 Å². The maximum absolute atomic E-state index is 11.8. The van der Waals surface area contributed by atoms with Crippen LogP contribution in [0.25, 0.3) is 0 Å². The summed E-state index contributed by atoms with van der Waals surface area (Å²) in [6, 6.07) is 0. The summed E-state index contributed by atoms with van der Waals surface area (Å²) in [5.74, 6) is -0.339. The van der Waals surface area contributed by atoms with Gasteiger partial charge in [0.1, 0.15) is 6.54 Å². The number of thiol groups is 1. The summed E-state index contributed by atoms with van der Waals surface area (Å²) in [6.45, 7) is 2.16. The number of carbonyl (C=O) groups is 2. The molecule has 0 aliphatic carbocycles. The molecular weight excluding hydrogens is 267 g/mol. The van der Waals surface area contributed by atoms with Crippen LogP contribution in [-0.4, -0.2) is 30.2 Å². The number of alkyl halides is 3. The number of halogens is 3. The number of Topliss-reactive ketones (excluding diaryl/α,β-unsaturated/α-hetero) is 1. The number of carbonyl (C=O) groups excluding carboxylic acids is 2. The van der Waals surface area contributed by atoms with E-state index >= 15 is 0 Å². The minimum atomic E-state index is -4.42. The first-order chi connectivity index (χ1) is 8.26. The van der Waals surface area contributed by atoms with Crippen molar-refractivity contribution in [2.75, 3.05) is 12.3 Å². The Morgan fingerprint density at radius 2 is 1.78 bits per heavy atom. The van der Waals surface area contributed by atoms with E-state index in [0.717, 1.165) is 0 Å². The van der Waals surface area contributed by atoms with Crippen LogP contribution >= 0.6 is 12.6 Å². The van der Waals surface area contributed by atoms with E-state index in [4.69, 9.17) is 0 Å². The summed E-state index contributed by atoms with van der Waals surface area (Å²) in [7, 11) is 0. The molecule has 7 heteroatoms. The first-order valence-electron chi connectivity index (χ1n) is 5.41. The van der Waals surface area contributed by atoms with Gasteiger partial charge in [-0.3, -0.25) is 9.59 Å². The largest absolute Gasteiger partial charge is 0.405 e. The van der Waals surface area contributed by atoms with Crippen molar-refractivity contribution in [3.8, 4) is 0 Å². The number of rotatable bonds is 8. The van der Waals surface area contributed by atoms with Crippen LogP contribution in [0.1, 0.15) is 25.7 Å². The molecule has 0 spiro atoms. The maximum Gasteiger partial charge on any atom is 0.405 e. The van der Waals surface area contributed by atoms with Gasteiger partial charge in [-0.1, -0.05) is 6.58 Å². The van der Waals surface area contributed by atoms with Crippen molar-refractivity contribution in [1.29, 1.82) is 0 Å². The molecule has 0 aromatic rings. The van der Waals surface area contributed by atoms with Gasteiger partial charge >= 0.3 is 6.18 Å². The third kappa shape index (κ3) is 9.09. The van der Waals surface area contributed by atoms with Crippen LogP contribution in [-0.2, 0) is 9.59 Å². The van der Waals surface area contributed by atoms with E-state index in [0.29, 0.717) is 18.6 Å². The van der Waals surface area contributed by atoms with Gasteiger partial charge in [-0.15, -0.1) is 0 Å². The zero-order valence-electron chi connectivity index (χ0n) is 9.85. The lowest BCUT2D eigenvalue weighted by Crippen LogP contribution is -2.33. The number of ketones is 1. The molecular formula is C11H16F3NO2S. The standard InChI is InChI=1S/C11H16F3NO2S/c1-8(9(16)3-2-6-18)4-5-10(17)15-7-11(12,13)14/h18H,1-7H2,(H,15,17). The minimum Gasteiger partial charge on any atom is -0.347 e. The number of amides is 1. The van der Waals surface area contributed by atoms with Gasteiger partial charge in [0, 0.05) is 12.8 Å². The number of hydrogen-bond acceptors (Lipinski definition) is 3. The summed E-state index contributed by atoms with van der Waals surface area (Å²) in [5.41, 5.74) is 0.263. The van der Waals surface area contributed by atoms with Crippen molar-refractivity contribution in [2.45, 2.75) is 31.9 Å². The summed E-state index contributed by atoms with van der Waals surface area (Å²) in [4.78, 5) is 22.4. The van der Waals surface area contributed by atoms with Gasteiger partial charge in [0.05, 0.1) is 0 Å². The van der Waals surface area contributed by atoms with Crippen LogP contribution in [0.4, 0.5) is 13.2 Å². The highest BCUT2D eigenvalue weighted by molar-refractivity contribution is 7.80. The van der Waals surface area contributed by atoms with E-state index in [1.807, 2.05) is 0 Å². The van der Waals surface area contributed by atoms with Gasteiger partial charge in [0.15, 0.2) is 5.78 Å². The summed E-state index contributed by atoms with van der Waals surface area (Å²) < 4.78 is 35.4. The lowest BCUT2D eigenvalue weighted by Gasteiger charge is -2.08. The first kappa shape index (κ1) is 17.0. The fourth-order valence-corrected chi connectivity index (χ4v) is 1.27. The fraction of sp³-hybridized carbons (Fsp3) is 0.636. The molecule has 18 heavy (non-hydrogen) atoms. The van der Waals surface area contributed by atoms with Crippen molar-refractivity contribution in [3.63, 3.8) is 0 Å².